The predicted molar refractivity (Wildman–Crippen MR) is 48.6 cm³/mol. The summed E-state index contributed by atoms with van der Waals surface area (Å²) in [5.41, 5.74) is 0. The first-order valence-electron chi connectivity index (χ1n) is 4.15. The smallest absolute Gasteiger partial charge is 0.00750 e. The molecule has 1 aliphatic rings. The van der Waals surface area contributed by atoms with E-state index < -0.39 is 0 Å². The monoisotopic (exact) mass is 159 g/mol. The van der Waals surface area contributed by atoms with Gasteiger partial charge in [0.25, 0.3) is 0 Å². The average molecular weight is 159 g/mol. The second-order valence-electron chi connectivity index (χ2n) is 2.88. The van der Waals surface area contributed by atoms with Crippen LogP contribution >= 0.6 is 11.8 Å². The first kappa shape index (κ1) is 8.41. The maximum absolute atomic E-state index is 3.34. The Hall–Kier alpha value is 0.310. The molecular weight excluding hydrogens is 142 g/mol. The molecule has 0 spiro atoms. The van der Waals surface area contributed by atoms with Gasteiger partial charge in [-0.25, -0.2) is 0 Å². The number of nitrogens with one attached hydrogen (secondary N) is 1. The number of hydrogen-bond acceptors (Lipinski definition) is 2. The van der Waals surface area contributed by atoms with Gasteiger partial charge in [-0.2, -0.15) is 11.8 Å². The Morgan fingerprint density at radius 1 is 1.50 bits per heavy atom. The summed E-state index contributed by atoms with van der Waals surface area (Å²) in [7, 11) is 2.07. The summed E-state index contributed by atoms with van der Waals surface area (Å²) >= 11 is 2.12. The second kappa shape index (κ2) is 4.24. The Morgan fingerprint density at radius 2 is 2.30 bits per heavy atom. The van der Waals surface area contributed by atoms with Crippen molar-refractivity contribution in [2.75, 3.05) is 12.8 Å². The van der Waals surface area contributed by atoms with Crippen LogP contribution in [0.3, 0.4) is 0 Å². The molecule has 0 saturated heterocycles. The lowest BCUT2D eigenvalue weighted by atomic mass is 10.3. The molecule has 1 rings (SSSR count). The standard InChI is InChI=1S/C8H17NS/c1-3-10-8-5-4-7(6-8)9-2/h7-9H,3-6H2,1-2H3. The van der Waals surface area contributed by atoms with Gasteiger partial charge in [0.05, 0.1) is 0 Å². The lowest BCUT2D eigenvalue weighted by Gasteiger charge is -2.08. The topological polar surface area (TPSA) is 12.0 Å². The van der Waals surface area contributed by atoms with Crippen molar-refractivity contribution in [2.45, 2.75) is 37.5 Å². The quantitative estimate of drug-likeness (QED) is 0.675. The molecule has 2 unspecified atom stereocenters. The lowest BCUT2D eigenvalue weighted by Crippen LogP contribution is -2.21. The molecule has 1 saturated carbocycles. The van der Waals surface area contributed by atoms with Crippen LogP contribution in [0.4, 0.5) is 0 Å². The summed E-state index contributed by atoms with van der Waals surface area (Å²) < 4.78 is 0. The van der Waals surface area contributed by atoms with Gasteiger partial charge in [0.2, 0.25) is 0 Å². The van der Waals surface area contributed by atoms with Crippen molar-refractivity contribution in [3.8, 4) is 0 Å². The minimum absolute atomic E-state index is 0.809. The van der Waals surface area contributed by atoms with E-state index in [9.17, 15) is 0 Å². The molecule has 1 nitrogen and oxygen atoms in total. The first-order chi connectivity index (χ1) is 4.86. The summed E-state index contributed by atoms with van der Waals surface area (Å²) in [5.74, 6) is 1.28. The van der Waals surface area contributed by atoms with Crippen LogP contribution < -0.4 is 5.32 Å². The molecule has 1 aliphatic carbocycles. The zero-order valence-corrected chi connectivity index (χ0v) is 7.71. The fourth-order valence-corrected chi connectivity index (χ4v) is 2.73. The summed E-state index contributed by atoms with van der Waals surface area (Å²) in [5, 5.41) is 4.29. The Morgan fingerprint density at radius 3 is 2.80 bits per heavy atom. The third-order valence-corrected chi connectivity index (χ3v) is 3.43. The zero-order valence-electron chi connectivity index (χ0n) is 6.89. The van der Waals surface area contributed by atoms with Gasteiger partial charge in [-0.05, 0) is 32.1 Å². The van der Waals surface area contributed by atoms with Crippen LogP contribution in [0.5, 0.6) is 0 Å². The lowest BCUT2D eigenvalue weighted by molar-refractivity contribution is 0.583. The third kappa shape index (κ3) is 2.17. The van der Waals surface area contributed by atoms with Gasteiger partial charge >= 0.3 is 0 Å². The molecule has 0 aliphatic heterocycles. The maximum Gasteiger partial charge on any atom is 0.00750 e. The molecule has 0 aromatic heterocycles. The molecule has 1 fully saturated rings. The van der Waals surface area contributed by atoms with Crippen molar-refractivity contribution in [3.05, 3.63) is 0 Å². The minimum Gasteiger partial charge on any atom is -0.317 e. The molecule has 1 N–H and O–H groups in total. The molecule has 60 valence electrons. The van der Waals surface area contributed by atoms with Crippen molar-refractivity contribution in [1.82, 2.24) is 5.32 Å². The third-order valence-electron chi connectivity index (χ3n) is 2.20. The Bertz CT molecular complexity index is 95.3. The molecule has 0 heterocycles. The van der Waals surface area contributed by atoms with Gasteiger partial charge < -0.3 is 5.32 Å². The van der Waals surface area contributed by atoms with E-state index in [1.54, 1.807) is 0 Å². The summed E-state index contributed by atoms with van der Waals surface area (Å²) in [6, 6.07) is 0.809. The molecule has 0 aromatic carbocycles. The highest BCUT2D eigenvalue weighted by molar-refractivity contribution is 7.99. The Balaban J connectivity index is 2.15. The van der Waals surface area contributed by atoms with E-state index in [4.69, 9.17) is 0 Å². The minimum atomic E-state index is 0.809. The van der Waals surface area contributed by atoms with E-state index in [0.717, 1.165) is 11.3 Å². The van der Waals surface area contributed by atoms with E-state index >= 15 is 0 Å². The van der Waals surface area contributed by atoms with Crippen LogP contribution in [-0.2, 0) is 0 Å². The van der Waals surface area contributed by atoms with E-state index in [-0.39, 0.29) is 0 Å². The number of thioether (sulfide) groups is 1. The number of hydrogen-bond donors (Lipinski definition) is 1. The normalized spacial score (nSPS) is 33.0. The fraction of sp³-hybridized carbons (Fsp3) is 1.00. The van der Waals surface area contributed by atoms with E-state index in [1.165, 1.54) is 25.0 Å². The van der Waals surface area contributed by atoms with Crippen molar-refractivity contribution in [1.29, 1.82) is 0 Å². The zero-order chi connectivity index (χ0) is 7.40. The van der Waals surface area contributed by atoms with Gasteiger partial charge in [0, 0.05) is 11.3 Å². The first-order valence-corrected chi connectivity index (χ1v) is 5.20. The van der Waals surface area contributed by atoms with E-state index in [2.05, 4.69) is 31.1 Å². The van der Waals surface area contributed by atoms with Crippen molar-refractivity contribution >= 4 is 11.8 Å². The van der Waals surface area contributed by atoms with Crippen LogP contribution in [0, 0.1) is 0 Å². The Kier molecular flexibility index (Phi) is 3.57. The van der Waals surface area contributed by atoms with Gasteiger partial charge in [-0.15, -0.1) is 0 Å². The average Bonchev–Trinajstić information content (AvgIpc) is 2.37. The molecule has 2 atom stereocenters. The number of rotatable bonds is 3. The molecule has 2 heteroatoms. The predicted octanol–water partition coefficient (Wildman–Crippen LogP) is 1.88. The summed E-state index contributed by atoms with van der Waals surface area (Å²) in [6.45, 7) is 2.25. The van der Waals surface area contributed by atoms with E-state index in [0.29, 0.717) is 0 Å². The van der Waals surface area contributed by atoms with Crippen LogP contribution in [0.1, 0.15) is 26.2 Å². The highest BCUT2D eigenvalue weighted by Gasteiger charge is 2.22. The SMILES string of the molecule is CCSC1CCC(NC)C1. The van der Waals surface area contributed by atoms with Crippen LogP contribution in [0.25, 0.3) is 0 Å². The fourth-order valence-electron chi connectivity index (χ4n) is 1.59. The largest absolute Gasteiger partial charge is 0.317 e. The van der Waals surface area contributed by atoms with Crippen molar-refractivity contribution in [2.24, 2.45) is 0 Å². The summed E-state index contributed by atoms with van der Waals surface area (Å²) in [6.07, 6.45) is 4.19. The molecule has 0 amide bonds. The van der Waals surface area contributed by atoms with Gasteiger partial charge in [0.15, 0.2) is 0 Å². The van der Waals surface area contributed by atoms with Crippen LogP contribution in [0.15, 0.2) is 0 Å². The van der Waals surface area contributed by atoms with Gasteiger partial charge in [-0.3, -0.25) is 0 Å². The summed E-state index contributed by atoms with van der Waals surface area (Å²) in [4.78, 5) is 0. The molecular formula is C8H17NS. The molecule has 0 bridgehead atoms. The van der Waals surface area contributed by atoms with E-state index in [1.807, 2.05) is 0 Å². The van der Waals surface area contributed by atoms with Crippen molar-refractivity contribution in [3.63, 3.8) is 0 Å². The van der Waals surface area contributed by atoms with Crippen LogP contribution in [-0.4, -0.2) is 24.1 Å². The molecule has 0 radical (unpaired) electrons. The maximum atomic E-state index is 3.34. The highest BCUT2D eigenvalue weighted by atomic mass is 32.2. The van der Waals surface area contributed by atoms with Gasteiger partial charge in [-0.1, -0.05) is 6.92 Å². The second-order valence-corrected chi connectivity index (χ2v) is 4.45. The molecule has 10 heavy (non-hydrogen) atoms. The van der Waals surface area contributed by atoms with Crippen molar-refractivity contribution < 1.29 is 0 Å². The Labute approximate surface area is 68.0 Å². The van der Waals surface area contributed by atoms with Gasteiger partial charge in [0.1, 0.15) is 0 Å². The highest BCUT2D eigenvalue weighted by Crippen LogP contribution is 2.29. The van der Waals surface area contributed by atoms with Crippen LogP contribution in [0.2, 0.25) is 0 Å². The molecule has 0 aromatic rings.